The standard InChI is InChI=1S/C19H26O14/c1-8(20)28-7-14(30-10(3)22)16(32-12(5)24)17-15(31-11(4)23)13(29-9(2)21)6-19(27,33-17)18(25)26/h13-17,27H,6-7H2,1-5H3,(H,25,26)/t13-,14-,15+,16+,17+,19+/m0/s1. The number of esters is 5. The number of carbonyl (C=O) groups excluding carboxylic acids is 5. The maximum absolute atomic E-state index is 11.8. The Bertz CT molecular complexity index is 791. The Morgan fingerprint density at radius 3 is 1.85 bits per heavy atom. The summed E-state index contributed by atoms with van der Waals surface area (Å²) in [4.78, 5) is 69.8. The maximum atomic E-state index is 11.8. The molecule has 0 unspecified atom stereocenters. The number of rotatable bonds is 9. The monoisotopic (exact) mass is 478 g/mol. The molecule has 0 spiro atoms. The first-order valence-electron chi connectivity index (χ1n) is 9.62. The van der Waals surface area contributed by atoms with Crippen molar-refractivity contribution in [3.05, 3.63) is 0 Å². The quantitative estimate of drug-likeness (QED) is 0.297. The van der Waals surface area contributed by atoms with E-state index in [-0.39, 0.29) is 0 Å². The lowest BCUT2D eigenvalue weighted by Crippen LogP contribution is -2.65. The largest absolute Gasteiger partial charge is 0.477 e. The molecule has 14 heteroatoms. The molecule has 1 rings (SSSR count). The third-order valence-corrected chi connectivity index (χ3v) is 4.21. The zero-order chi connectivity index (χ0) is 25.5. The molecule has 1 heterocycles. The second-order valence-corrected chi connectivity index (χ2v) is 7.12. The number of hydrogen-bond donors (Lipinski definition) is 2. The average molecular weight is 478 g/mol. The number of aliphatic hydroxyl groups is 1. The van der Waals surface area contributed by atoms with Crippen molar-refractivity contribution in [3.63, 3.8) is 0 Å². The predicted octanol–water partition coefficient (Wildman–Crippen LogP) is -1.16. The van der Waals surface area contributed by atoms with Crippen LogP contribution in [0.15, 0.2) is 0 Å². The van der Waals surface area contributed by atoms with Crippen LogP contribution in [-0.4, -0.2) is 88.9 Å². The van der Waals surface area contributed by atoms with Crippen LogP contribution in [-0.2, 0) is 57.2 Å². The van der Waals surface area contributed by atoms with Crippen LogP contribution in [0, 0.1) is 0 Å². The van der Waals surface area contributed by atoms with Gasteiger partial charge in [-0.05, 0) is 0 Å². The smallest absolute Gasteiger partial charge is 0.364 e. The fraction of sp³-hybridized carbons (Fsp3) is 0.684. The van der Waals surface area contributed by atoms with Gasteiger partial charge in [-0.25, -0.2) is 4.79 Å². The lowest BCUT2D eigenvalue weighted by Gasteiger charge is -2.45. The van der Waals surface area contributed by atoms with Crippen LogP contribution in [0.25, 0.3) is 0 Å². The van der Waals surface area contributed by atoms with Crippen molar-refractivity contribution in [1.82, 2.24) is 0 Å². The van der Waals surface area contributed by atoms with E-state index in [4.69, 9.17) is 28.4 Å². The highest BCUT2D eigenvalue weighted by Crippen LogP contribution is 2.35. The zero-order valence-electron chi connectivity index (χ0n) is 18.6. The van der Waals surface area contributed by atoms with Crippen molar-refractivity contribution in [2.45, 2.75) is 77.3 Å². The Balaban J connectivity index is 3.60. The Morgan fingerprint density at radius 2 is 1.42 bits per heavy atom. The molecule has 33 heavy (non-hydrogen) atoms. The van der Waals surface area contributed by atoms with E-state index in [0.717, 1.165) is 34.6 Å². The summed E-state index contributed by atoms with van der Waals surface area (Å²) in [6, 6.07) is 0. The summed E-state index contributed by atoms with van der Waals surface area (Å²) in [5.41, 5.74) is 0. The first kappa shape index (κ1) is 27.8. The summed E-state index contributed by atoms with van der Waals surface area (Å²) in [6.45, 7) is 4.30. The van der Waals surface area contributed by atoms with Crippen molar-refractivity contribution < 1.29 is 67.4 Å². The molecule has 6 atom stereocenters. The first-order chi connectivity index (χ1) is 15.2. The van der Waals surface area contributed by atoms with Crippen molar-refractivity contribution in [2.75, 3.05) is 6.61 Å². The number of ether oxygens (including phenoxy) is 6. The van der Waals surface area contributed by atoms with E-state index in [9.17, 15) is 39.0 Å². The van der Waals surface area contributed by atoms with Gasteiger partial charge in [-0.1, -0.05) is 0 Å². The molecule has 0 bridgehead atoms. The van der Waals surface area contributed by atoms with Crippen LogP contribution >= 0.6 is 0 Å². The third kappa shape index (κ3) is 8.31. The molecule has 0 aromatic carbocycles. The Hall–Kier alpha value is -3.26. The second-order valence-electron chi connectivity index (χ2n) is 7.12. The van der Waals surface area contributed by atoms with E-state index < -0.39 is 85.2 Å². The van der Waals surface area contributed by atoms with E-state index in [1.807, 2.05) is 0 Å². The highest BCUT2D eigenvalue weighted by atomic mass is 16.7. The number of aliphatic carboxylic acids is 1. The van der Waals surface area contributed by atoms with Gasteiger partial charge in [0.15, 0.2) is 18.3 Å². The molecular formula is C19H26O14. The molecule has 0 amide bonds. The topological polar surface area (TPSA) is 198 Å². The number of hydrogen-bond acceptors (Lipinski definition) is 13. The Labute approximate surface area is 188 Å². The van der Waals surface area contributed by atoms with E-state index in [1.54, 1.807) is 0 Å². The molecule has 1 aliphatic rings. The van der Waals surface area contributed by atoms with E-state index >= 15 is 0 Å². The summed E-state index contributed by atoms with van der Waals surface area (Å²) in [6.07, 6.45) is -9.27. The lowest BCUT2D eigenvalue weighted by atomic mass is 9.90. The van der Waals surface area contributed by atoms with Crippen LogP contribution in [0.2, 0.25) is 0 Å². The van der Waals surface area contributed by atoms with Crippen LogP contribution in [0.3, 0.4) is 0 Å². The third-order valence-electron chi connectivity index (χ3n) is 4.21. The molecule has 1 aliphatic heterocycles. The minimum atomic E-state index is -2.98. The second kappa shape index (κ2) is 11.6. The van der Waals surface area contributed by atoms with E-state index in [1.165, 1.54) is 0 Å². The molecule has 0 aromatic heterocycles. The minimum absolute atomic E-state index is 0.677. The molecule has 0 aromatic rings. The molecular weight excluding hydrogens is 452 g/mol. The molecule has 0 aliphatic carbocycles. The number of carboxylic acids is 1. The van der Waals surface area contributed by atoms with Crippen molar-refractivity contribution in [2.24, 2.45) is 0 Å². The van der Waals surface area contributed by atoms with Crippen molar-refractivity contribution >= 4 is 35.8 Å². The van der Waals surface area contributed by atoms with Crippen LogP contribution in [0.5, 0.6) is 0 Å². The Morgan fingerprint density at radius 1 is 0.879 bits per heavy atom. The summed E-state index contributed by atoms with van der Waals surface area (Å²) in [5.74, 6) is -9.38. The van der Waals surface area contributed by atoms with Crippen LogP contribution < -0.4 is 0 Å². The van der Waals surface area contributed by atoms with Gasteiger partial charge in [0.05, 0.1) is 6.42 Å². The minimum Gasteiger partial charge on any atom is -0.477 e. The highest BCUT2D eigenvalue weighted by Gasteiger charge is 2.58. The van der Waals surface area contributed by atoms with Crippen LogP contribution in [0.4, 0.5) is 0 Å². The van der Waals surface area contributed by atoms with Gasteiger partial charge >= 0.3 is 35.8 Å². The Kier molecular flexibility index (Phi) is 9.73. The van der Waals surface area contributed by atoms with Gasteiger partial charge in [0.25, 0.3) is 5.79 Å². The maximum Gasteiger partial charge on any atom is 0.364 e. The molecule has 1 fully saturated rings. The molecule has 1 saturated heterocycles. The molecule has 2 N–H and O–H groups in total. The number of carboxylic acid groups (broad SMARTS) is 1. The highest BCUT2D eigenvalue weighted by molar-refractivity contribution is 5.76. The van der Waals surface area contributed by atoms with Gasteiger partial charge < -0.3 is 38.6 Å². The van der Waals surface area contributed by atoms with Crippen molar-refractivity contribution in [3.8, 4) is 0 Å². The zero-order valence-corrected chi connectivity index (χ0v) is 18.6. The molecule has 186 valence electrons. The molecule has 0 radical (unpaired) electrons. The average Bonchev–Trinajstić information content (AvgIpc) is 2.64. The van der Waals surface area contributed by atoms with Gasteiger partial charge in [-0.2, -0.15) is 0 Å². The van der Waals surface area contributed by atoms with E-state index in [0.29, 0.717) is 0 Å². The fourth-order valence-electron chi connectivity index (χ4n) is 3.14. The normalized spacial score (nSPS) is 26.2. The fourth-order valence-corrected chi connectivity index (χ4v) is 3.14. The first-order valence-corrected chi connectivity index (χ1v) is 9.62. The SMILES string of the molecule is CC(=O)OC[C@H](OC(C)=O)[C@@H](OC(C)=O)[C@@H]1O[C@@](O)(C(=O)O)C[C@H](OC(C)=O)[C@H]1OC(C)=O. The summed E-state index contributed by atoms with van der Waals surface area (Å²) in [5, 5.41) is 20.0. The summed E-state index contributed by atoms with van der Waals surface area (Å²) in [7, 11) is 0. The lowest BCUT2D eigenvalue weighted by molar-refractivity contribution is -0.316. The van der Waals surface area contributed by atoms with Crippen LogP contribution in [0.1, 0.15) is 41.0 Å². The molecule has 0 saturated carbocycles. The van der Waals surface area contributed by atoms with Gasteiger partial charge in [-0.3, -0.25) is 24.0 Å². The predicted molar refractivity (Wildman–Crippen MR) is 101 cm³/mol. The van der Waals surface area contributed by atoms with Crippen molar-refractivity contribution in [1.29, 1.82) is 0 Å². The molecule has 14 nitrogen and oxygen atoms in total. The van der Waals surface area contributed by atoms with Gasteiger partial charge in [-0.15, -0.1) is 0 Å². The van der Waals surface area contributed by atoms with Gasteiger partial charge in [0, 0.05) is 34.6 Å². The summed E-state index contributed by atoms with van der Waals surface area (Å²) < 4.78 is 30.5. The van der Waals surface area contributed by atoms with Gasteiger partial charge in [0.2, 0.25) is 0 Å². The summed E-state index contributed by atoms with van der Waals surface area (Å²) >= 11 is 0. The van der Waals surface area contributed by atoms with Gasteiger partial charge in [0.1, 0.15) is 18.8 Å². The number of carbonyl (C=O) groups is 6. The van der Waals surface area contributed by atoms with E-state index in [2.05, 4.69) is 0 Å².